The molecule has 27 heavy (non-hydrogen) atoms. The number of fused-ring (bicyclic) bond motifs is 3. The third-order valence-electron chi connectivity index (χ3n) is 5.01. The average Bonchev–Trinajstić information content (AvgIpc) is 2.89. The molecule has 5 N–H and O–H groups in total. The number of anilines is 4. The van der Waals surface area contributed by atoms with Gasteiger partial charge in [-0.05, 0) is 34.6 Å². The second kappa shape index (κ2) is 5.98. The number of hydrogen-bond acceptors (Lipinski definition) is 6. The van der Waals surface area contributed by atoms with E-state index in [1.807, 2.05) is 46.6 Å². The lowest BCUT2D eigenvalue weighted by Gasteiger charge is -2.31. The van der Waals surface area contributed by atoms with Gasteiger partial charge < -0.3 is 11.5 Å². The first kappa shape index (κ1) is 18.7. The van der Waals surface area contributed by atoms with Gasteiger partial charge in [-0.3, -0.25) is 14.6 Å². The number of aromatic amines is 1. The Kier molecular flexibility index (Phi) is 4.14. The molecule has 1 amide bonds. The molecule has 1 aliphatic rings. The number of nitrogens with one attached hydrogen (secondary N) is 1. The summed E-state index contributed by atoms with van der Waals surface area (Å²) >= 11 is 0. The maximum Gasteiger partial charge on any atom is 0.240 e. The Morgan fingerprint density at radius 3 is 2.44 bits per heavy atom. The van der Waals surface area contributed by atoms with Crippen molar-refractivity contribution in [2.45, 2.75) is 52.6 Å². The fourth-order valence-electron chi connectivity index (χ4n) is 3.57. The van der Waals surface area contributed by atoms with Gasteiger partial charge in [-0.2, -0.15) is 5.26 Å². The fourth-order valence-corrected chi connectivity index (χ4v) is 3.57. The summed E-state index contributed by atoms with van der Waals surface area (Å²) in [5.41, 5.74) is 13.1. The molecule has 0 bridgehead atoms. The van der Waals surface area contributed by atoms with Crippen LogP contribution in [-0.4, -0.2) is 29.5 Å². The van der Waals surface area contributed by atoms with Crippen molar-refractivity contribution < 1.29 is 9.78 Å². The van der Waals surface area contributed by atoms with Crippen molar-refractivity contribution in [3.8, 4) is 6.07 Å². The smallest absolute Gasteiger partial charge is 0.240 e. The van der Waals surface area contributed by atoms with Crippen molar-refractivity contribution in [1.29, 1.82) is 5.26 Å². The van der Waals surface area contributed by atoms with Crippen molar-refractivity contribution >= 4 is 40.0 Å². The predicted molar refractivity (Wildman–Crippen MR) is 106 cm³/mol. The van der Waals surface area contributed by atoms with Gasteiger partial charge >= 0.3 is 0 Å². The summed E-state index contributed by atoms with van der Waals surface area (Å²) in [5.74, 6) is 1.59. The van der Waals surface area contributed by atoms with Crippen LogP contribution in [0, 0.1) is 11.3 Å². The lowest BCUT2D eigenvalue weighted by atomic mass is 10.00. The van der Waals surface area contributed by atoms with E-state index in [0.29, 0.717) is 39.4 Å². The molecule has 8 heteroatoms. The second-order valence-electron chi connectivity index (χ2n) is 8.20. The summed E-state index contributed by atoms with van der Waals surface area (Å²) in [4.78, 5) is 23.9. The van der Waals surface area contributed by atoms with E-state index in [4.69, 9.17) is 11.5 Å². The Morgan fingerprint density at radius 2 is 1.93 bits per heavy atom. The van der Waals surface area contributed by atoms with Crippen LogP contribution in [0.4, 0.5) is 23.3 Å². The zero-order valence-electron chi connectivity index (χ0n) is 16.6. The molecule has 2 aromatic heterocycles. The fraction of sp³-hybridized carbons (Fsp3) is 0.474. The highest BCUT2D eigenvalue weighted by atomic mass is 16.2. The molecule has 0 aliphatic carbocycles. The Hall–Kier alpha value is -3.08. The highest BCUT2D eigenvalue weighted by molar-refractivity contribution is 6.13. The van der Waals surface area contributed by atoms with E-state index in [0.717, 1.165) is 0 Å². The number of aromatic nitrogens is 2. The molecule has 0 radical (unpaired) electrons. The van der Waals surface area contributed by atoms with Crippen LogP contribution in [0.1, 0.15) is 45.7 Å². The van der Waals surface area contributed by atoms with Crippen molar-refractivity contribution in [2.75, 3.05) is 28.3 Å². The summed E-state index contributed by atoms with van der Waals surface area (Å²) in [5, 5.41) is 11.1. The Morgan fingerprint density at radius 1 is 1.30 bits per heavy atom. The van der Waals surface area contributed by atoms with E-state index in [9.17, 15) is 10.1 Å². The van der Waals surface area contributed by atoms with Crippen LogP contribution in [-0.2, 0) is 11.2 Å². The molecule has 0 saturated carbocycles. The van der Waals surface area contributed by atoms with E-state index in [1.165, 1.54) is 0 Å². The Balaban J connectivity index is 2.47. The quantitative estimate of drug-likeness (QED) is 0.829. The zero-order chi connectivity index (χ0) is 20.3. The van der Waals surface area contributed by atoms with E-state index >= 15 is 0 Å². The maximum absolute atomic E-state index is 12.8. The molecule has 1 aliphatic heterocycles. The third-order valence-corrected chi connectivity index (χ3v) is 5.01. The first-order chi connectivity index (χ1) is 12.5. The predicted octanol–water partition coefficient (Wildman–Crippen LogP) is 1.62. The van der Waals surface area contributed by atoms with Gasteiger partial charge in [-0.15, -0.1) is 0 Å². The maximum atomic E-state index is 12.8. The van der Waals surface area contributed by atoms with Gasteiger partial charge in [0.2, 0.25) is 17.5 Å². The first-order valence-corrected chi connectivity index (χ1v) is 8.91. The molecule has 0 saturated heterocycles. The topological polar surface area (TPSA) is 126 Å². The monoisotopic (exact) mass is 368 g/mol. The molecule has 0 atom stereocenters. The minimum atomic E-state index is -0.452. The number of hydrogen-bond donors (Lipinski definition) is 2. The van der Waals surface area contributed by atoms with Crippen LogP contribution < -0.4 is 26.3 Å². The molecule has 8 nitrogen and oxygen atoms in total. The van der Waals surface area contributed by atoms with Crippen LogP contribution in [0.15, 0.2) is 0 Å². The largest absolute Gasteiger partial charge is 0.383 e. The second-order valence-corrected chi connectivity index (χ2v) is 8.20. The van der Waals surface area contributed by atoms with E-state index < -0.39 is 5.54 Å². The number of nitrogens with zero attached hydrogens (tertiary/aromatic N) is 4. The molecular weight excluding hydrogens is 342 g/mol. The summed E-state index contributed by atoms with van der Waals surface area (Å²) in [6.07, 6.45) is 0.166. The van der Waals surface area contributed by atoms with Gasteiger partial charge in [0.25, 0.3) is 0 Å². The average molecular weight is 368 g/mol. The number of rotatable bonds is 2. The number of nitrogens with two attached hydrogens (primary N) is 2. The molecule has 0 aromatic carbocycles. The number of carbonyl (C=O) groups is 1. The van der Waals surface area contributed by atoms with Crippen LogP contribution in [0.3, 0.4) is 0 Å². The number of amides is 1. The van der Waals surface area contributed by atoms with Crippen LogP contribution in [0.5, 0.6) is 0 Å². The minimum absolute atomic E-state index is 0.0639. The van der Waals surface area contributed by atoms with Gasteiger partial charge in [0, 0.05) is 16.5 Å². The number of H-pyrrole nitrogens is 1. The number of nitriles is 1. The summed E-state index contributed by atoms with van der Waals surface area (Å²) < 4.78 is 0. The van der Waals surface area contributed by atoms with Gasteiger partial charge in [0.05, 0.1) is 24.9 Å². The molecule has 3 heterocycles. The molecule has 0 unspecified atom stereocenters. The highest BCUT2D eigenvalue weighted by Crippen LogP contribution is 2.42. The van der Waals surface area contributed by atoms with Gasteiger partial charge in [0.1, 0.15) is 23.3 Å². The van der Waals surface area contributed by atoms with E-state index in [-0.39, 0.29) is 24.2 Å². The Bertz CT molecular complexity index is 998. The molecule has 2 aromatic rings. The number of pyridine rings is 2. The van der Waals surface area contributed by atoms with Gasteiger partial charge in [-0.1, -0.05) is 0 Å². The van der Waals surface area contributed by atoms with Crippen LogP contribution >= 0.6 is 0 Å². The number of carbonyl (C=O) groups excluding carboxylic acids is 1. The van der Waals surface area contributed by atoms with E-state index in [1.54, 1.807) is 4.90 Å². The summed E-state index contributed by atoms with van der Waals surface area (Å²) in [6.45, 7) is 9.87. The van der Waals surface area contributed by atoms with Crippen molar-refractivity contribution in [3.63, 3.8) is 0 Å². The molecule has 3 rings (SSSR count). The van der Waals surface area contributed by atoms with Crippen LogP contribution in [0.25, 0.3) is 10.8 Å². The zero-order valence-corrected chi connectivity index (χ0v) is 16.6. The number of nitrogen functional groups attached to an aromatic ring is 2. The first-order valence-electron chi connectivity index (χ1n) is 8.91. The van der Waals surface area contributed by atoms with Gasteiger partial charge in [-0.25, -0.2) is 9.97 Å². The summed E-state index contributed by atoms with van der Waals surface area (Å²) in [7, 11) is 1.89. The van der Waals surface area contributed by atoms with Crippen LogP contribution in [0.2, 0.25) is 0 Å². The third kappa shape index (κ3) is 2.70. The summed E-state index contributed by atoms with van der Waals surface area (Å²) in [6, 6.07) is 2.43. The lowest BCUT2D eigenvalue weighted by molar-refractivity contribution is -0.344. The molecule has 0 spiro atoms. The van der Waals surface area contributed by atoms with E-state index in [2.05, 4.69) is 16.0 Å². The normalized spacial score (nSPS) is 14.0. The Labute approximate surface area is 158 Å². The minimum Gasteiger partial charge on any atom is -0.383 e. The van der Waals surface area contributed by atoms with Gasteiger partial charge in [0.15, 0.2) is 0 Å². The standard InChI is InChI=1S/C19H25N7O/c1-9(2)25(6)17-11(8-20)13-10-7-12(27)26(19(3,4)5)18(10)24-16(22)14(13)15(21)23-17/h9H,7H2,1-6H3,(H2,21,23)(H2,22,24)/p+1. The molecular formula is C19H26N7O+. The molecule has 142 valence electrons. The SMILES string of the molecule is CC(C)N(C)c1[nH+]c(N)c2c(N)nc3c(c2c1C#N)CC(=O)N3C(C)(C)C. The van der Waals surface area contributed by atoms with Crippen molar-refractivity contribution in [1.82, 2.24) is 4.98 Å². The highest BCUT2D eigenvalue weighted by Gasteiger charge is 2.40. The molecule has 0 fully saturated rings. The van der Waals surface area contributed by atoms with Crippen molar-refractivity contribution in [3.05, 3.63) is 11.1 Å². The lowest BCUT2D eigenvalue weighted by Crippen LogP contribution is -2.44. The van der Waals surface area contributed by atoms with Crippen molar-refractivity contribution in [2.24, 2.45) is 0 Å².